The molecule has 0 atom stereocenters. The molecule has 0 saturated heterocycles. The number of nitrogens with one attached hydrogen (secondary N) is 1. The zero-order valence-corrected chi connectivity index (χ0v) is 17.3. The number of aryl methyl sites for hydroxylation is 1. The van der Waals surface area contributed by atoms with Crippen molar-refractivity contribution < 1.29 is 4.79 Å². The number of fused-ring (bicyclic) bond motifs is 1. The molecule has 1 fully saturated rings. The maximum Gasteiger partial charge on any atom is 0.228 e. The monoisotopic (exact) mass is 409 g/mol. The SMILES string of the molecule is Cc1ccnc(Cc2ccccc2)c1-c1cc2cc(NC(=O)C3CC3)ncc2c(N)n1. The fourth-order valence-corrected chi connectivity index (χ4v) is 3.83. The zero-order chi connectivity index (χ0) is 21.4. The summed E-state index contributed by atoms with van der Waals surface area (Å²) in [5.41, 5.74) is 11.3. The molecule has 3 N–H and O–H groups in total. The first-order chi connectivity index (χ1) is 15.1. The number of rotatable bonds is 5. The predicted molar refractivity (Wildman–Crippen MR) is 123 cm³/mol. The molecule has 6 nitrogen and oxygen atoms in total. The quantitative estimate of drug-likeness (QED) is 0.505. The molecular formula is C25H23N5O. The Kier molecular flexibility index (Phi) is 4.82. The van der Waals surface area contributed by atoms with Crippen LogP contribution in [0.5, 0.6) is 0 Å². The Morgan fingerprint density at radius 1 is 1.13 bits per heavy atom. The number of benzene rings is 1. The van der Waals surface area contributed by atoms with Crippen LogP contribution in [0.3, 0.4) is 0 Å². The lowest BCUT2D eigenvalue weighted by molar-refractivity contribution is -0.117. The minimum Gasteiger partial charge on any atom is -0.383 e. The van der Waals surface area contributed by atoms with Gasteiger partial charge in [0.05, 0.1) is 11.4 Å². The number of anilines is 2. The minimum absolute atomic E-state index is 0.0300. The van der Waals surface area contributed by atoms with Crippen LogP contribution in [0.1, 0.15) is 29.7 Å². The molecule has 1 amide bonds. The van der Waals surface area contributed by atoms with Gasteiger partial charge in [0.15, 0.2) is 0 Å². The second kappa shape index (κ2) is 7.80. The van der Waals surface area contributed by atoms with E-state index in [4.69, 9.17) is 5.73 Å². The molecule has 5 rings (SSSR count). The van der Waals surface area contributed by atoms with Gasteiger partial charge in [0.25, 0.3) is 0 Å². The van der Waals surface area contributed by atoms with E-state index >= 15 is 0 Å². The van der Waals surface area contributed by atoms with E-state index in [-0.39, 0.29) is 11.8 Å². The third-order valence-corrected chi connectivity index (χ3v) is 5.65. The molecule has 6 heteroatoms. The van der Waals surface area contributed by atoms with E-state index in [1.54, 1.807) is 6.20 Å². The highest BCUT2D eigenvalue weighted by Crippen LogP contribution is 2.33. The molecule has 1 aliphatic carbocycles. The average Bonchev–Trinajstić information content (AvgIpc) is 3.60. The van der Waals surface area contributed by atoms with Crippen LogP contribution in [0, 0.1) is 12.8 Å². The first kappa shape index (κ1) is 19.2. The van der Waals surface area contributed by atoms with E-state index in [1.807, 2.05) is 42.6 Å². The highest BCUT2D eigenvalue weighted by molar-refractivity contribution is 5.98. The van der Waals surface area contributed by atoms with Crippen molar-refractivity contribution in [2.24, 2.45) is 5.92 Å². The van der Waals surface area contributed by atoms with Crippen molar-refractivity contribution in [2.45, 2.75) is 26.2 Å². The summed E-state index contributed by atoms with van der Waals surface area (Å²) in [6, 6.07) is 16.1. The van der Waals surface area contributed by atoms with Crippen molar-refractivity contribution in [1.82, 2.24) is 15.0 Å². The van der Waals surface area contributed by atoms with Crippen LogP contribution in [0.4, 0.5) is 11.6 Å². The summed E-state index contributed by atoms with van der Waals surface area (Å²) in [7, 11) is 0. The van der Waals surface area contributed by atoms with Gasteiger partial charge in [0.1, 0.15) is 11.6 Å². The fourth-order valence-electron chi connectivity index (χ4n) is 3.83. The summed E-state index contributed by atoms with van der Waals surface area (Å²) in [5, 5.41) is 4.56. The number of pyridine rings is 3. The van der Waals surface area contributed by atoms with Crippen molar-refractivity contribution in [3.63, 3.8) is 0 Å². The zero-order valence-electron chi connectivity index (χ0n) is 17.3. The molecule has 1 aliphatic rings. The molecule has 154 valence electrons. The van der Waals surface area contributed by atoms with Crippen molar-refractivity contribution in [3.8, 4) is 11.3 Å². The van der Waals surface area contributed by atoms with Gasteiger partial charge in [-0.2, -0.15) is 0 Å². The van der Waals surface area contributed by atoms with Crippen LogP contribution in [-0.2, 0) is 11.2 Å². The molecule has 4 aromatic rings. The number of aromatic nitrogens is 3. The maximum atomic E-state index is 12.1. The Morgan fingerprint density at radius 2 is 1.94 bits per heavy atom. The smallest absolute Gasteiger partial charge is 0.228 e. The van der Waals surface area contributed by atoms with E-state index in [0.717, 1.165) is 46.1 Å². The topological polar surface area (TPSA) is 93.8 Å². The van der Waals surface area contributed by atoms with E-state index < -0.39 is 0 Å². The Morgan fingerprint density at radius 3 is 2.71 bits per heavy atom. The largest absolute Gasteiger partial charge is 0.383 e. The second-order valence-corrected chi connectivity index (χ2v) is 8.06. The van der Waals surface area contributed by atoms with Gasteiger partial charge >= 0.3 is 0 Å². The summed E-state index contributed by atoms with van der Waals surface area (Å²) in [6.45, 7) is 2.06. The lowest BCUT2D eigenvalue weighted by Crippen LogP contribution is -2.14. The molecule has 0 aliphatic heterocycles. The lowest BCUT2D eigenvalue weighted by atomic mass is 9.98. The highest BCUT2D eigenvalue weighted by atomic mass is 16.2. The molecule has 0 spiro atoms. The number of nitrogens with zero attached hydrogens (tertiary/aromatic N) is 3. The average molecular weight is 409 g/mol. The molecule has 3 heterocycles. The summed E-state index contributed by atoms with van der Waals surface area (Å²) < 4.78 is 0. The summed E-state index contributed by atoms with van der Waals surface area (Å²) >= 11 is 0. The molecule has 0 radical (unpaired) electrons. The van der Waals surface area contributed by atoms with Crippen molar-refractivity contribution in [2.75, 3.05) is 11.1 Å². The summed E-state index contributed by atoms with van der Waals surface area (Å²) in [5.74, 6) is 1.10. The lowest BCUT2D eigenvalue weighted by Gasteiger charge is -2.14. The van der Waals surface area contributed by atoms with Gasteiger partial charge in [0.2, 0.25) is 5.91 Å². The van der Waals surface area contributed by atoms with Crippen molar-refractivity contribution in [1.29, 1.82) is 0 Å². The summed E-state index contributed by atoms with van der Waals surface area (Å²) in [6.07, 6.45) is 6.11. The van der Waals surface area contributed by atoms with E-state index in [2.05, 4.69) is 39.3 Å². The number of carbonyl (C=O) groups is 1. The number of amides is 1. The first-order valence-corrected chi connectivity index (χ1v) is 10.4. The van der Waals surface area contributed by atoms with Gasteiger partial charge in [-0.1, -0.05) is 30.3 Å². The fraction of sp³-hybridized carbons (Fsp3) is 0.200. The predicted octanol–water partition coefficient (Wildman–Crippen LogP) is 4.52. The minimum atomic E-state index is 0.0300. The molecule has 3 aromatic heterocycles. The van der Waals surface area contributed by atoms with Crippen LogP contribution in [0.2, 0.25) is 0 Å². The van der Waals surface area contributed by atoms with Gasteiger partial charge in [0, 0.05) is 35.7 Å². The Labute approximate surface area is 180 Å². The maximum absolute atomic E-state index is 12.1. The molecule has 0 unspecified atom stereocenters. The number of nitrogens with two attached hydrogens (primary N) is 1. The van der Waals surface area contributed by atoms with Crippen molar-refractivity contribution in [3.05, 3.63) is 77.7 Å². The number of nitrogen functional groups attached to an aromatic ring is 1. The van der Waals surface area contributed by atoms with Gasteiger partial charge in [-0.25, -0.2) is 9.97 Å². The highest BCUT2D eigenvalue weighted by Gasteiger charge is 2.29. The Hall–Kier alpha value is -3.80. The van der Waals surface area contributed by atoms with Gasteiger partial charge in [-0.3, -0.25) is 9.78 Å². The van der Waals surface area contributed by atoms with E-state index in [0.29, 0.717) is 18.1 Å². The Balaban J connectivity index is 1.57. The Bertz CT molecular complexity index is 1280. The van der Waals surface area contributed by atoms with Gasteiger partial charge in [-0.15, -0.1) is 0 Å². The number of carbonyl (C=O) groups excluding carboxylic acids is 1. The van der Waals surface area contributed by atoms with Gasteiger partial charge in [-0.05, 0) is 54.5 Å². The van der Waals surface area contributed by atoms with E-state index in [9.17, 15) is 4.79 Å². The van der Waals surface area contributed by atoms with Crippen LogP contribution in [0.15, 0.2) is 60.9 Å². The van der Waals surface area contributed by atoms with Crippen LogP contribution < -0.4 is 11.1 Å². The molecule has 1 aromatic carbocycles. The van der Waals surface area contributed by atoms with Crippen LogP contribution in [-0.4, -0.2) is 20.9 Å². The third kappa shape index (κ3) is 3.97. The molecular weight excluding hydrogens is 386 g/mol. The normalized spacial score (nSPS) is 13.3. The van der Waals surface area contributed by atoms with Crippen LogP contribution in [0.25, 0.3) is 22.0 Å². The molecule has 0 bridgehead atoms. The second-order valence-electron chi connectivity index (χ2n) is 8.06. The van der Waals surface area contributed by atoms with Gasteiger partial charge < -0.3 is 11.1 Å². The first-order valence-electron chi connectivity index (χ1n) is 10.4. The number of hydrogen-bond donors (Lipinski definition) is 2. The molecule has 31 heavy (non-hydrogen) atoms. The standard InChI is InChI=1S/C25H23N5O/c1-15-9-10-27-20(11-16-5-3-2-4-6-16)23(15)21-12-18-13-22(30-25(31)17-7-8-17)28-14-19(18)24(26)29-21/h2-6,9-10,12-14,17H,7-8,11H2,1H3,(H2,26,29)(H,28,30,31). The van der Waals surface area contributed by atoms with Crippen molar-refractivity contribution >= 4 is 28.3 Å². The summed E-state index contributed by atoms with van der Waals surface area (Å²) in [4.78, 5) is 25.8. The number of hydrogen-bond acceptors (Lipinski definition) is 5. The third-order valence-electron chi connectivity index (χ3n) is 5.65. The van der Waals surface area contributed by atoms with E-state index in [1.165, 1.54) is 5.56 Å². The molecule has 1 saturated carbocycles. The van der Waals surface area contributed by atoms with Crippen LogP contribution >= 0.6 is 0 Å².